The fraction of sp³-hybridized carbons (Fsp3) is 0.696. The van der Waals surface area contributed by atoms with Gasteiger partial charge in [-0.1, -0.05) is 27.2 Å². The van der Waals surface area contributed by atoms with Crippen molar-refractivity contribution in [1.29, 1.82) is 0 Å². The zero-order chi connectivity index (χ0) is 23.5. The molecule has 1 aromatic rings. The Morgan fingerprint density at radius 2 is 2.00 bits per heavy atom. The van der Waals surface area contributed by atoms with Crippen molar-refractivity contribution in [1.82, 2.24) is 14.8 Å². The molecule has 9 heteroatoms. The second-order valence-corrected chi connectivity index (χ2v) is 10.8. The highest BCUT2D eigenvalue weighted by Crippen LogP contribution is 2.55. The number of pyridine rings is 1. The van der Waals surface area contributed by atoms with Crippen molar-refractivity contribution in [2.75, 3.05) is 13.1 Å². The van der Waals surface area contributed by atoms with Crippen LogP contribution in [0, 0.1) is 16.7 Å². The van der Waals surface area contributed by atoms with Gasteiger partial charge in [-0.3, -0.25) is 9.78 Å². The van der Waals surface area contributed by atoms with Gasteiger partial charge < -0.3 is 15.5 Å². The SMILES string of the molecule is CC(C)(C)CC1C2CCCC2(C(=O)N2CCc3ncc(C(F)(F)F)cc3C2)CN1C(N)=O. The number of carbonyl (C=O) groups is 2. The van der Waals surface area contributed by atoms with Crippen molar-refractivity contribution in [2.24, 2.45) is 22.5 Å². The molecule has 1 aromatic heterocycles. The number of hydrogen-bond acceptors (Lipinski definition) is 3. The van der Waals surface area contributed by atoms with Crippen LogP contribution in [0.25, 0.3) is 0 Å². The molecule has 1 saturated carbocycles. The summed E-state index contributed by atoms with van der Waals surface area (Å²) in [7, 11) is 0. The minimum absolute atomic E-state index is 0.0164. The summed E-state index contributed by atoms with van der Waals surface area (Å²) >= 11 is 0. The van der Waals surface area contributed by atoms with Gasteiger partial charge in [-0.2, -0.15) is 13.2 Å². The molecule has 0 aromatic carbocycles. The van der Waals surface area contributed by atoms with E-state index >= 15 is 0 Å². The number of likely N-dealkylation sites (tertiary alicyclic amines) is 1. The molecule has 32 heavy (non-hydrogen) atoms. The number of nitrogens with zero attached hydrogens (tertiary/aromatic N) is 3. The fourth-order valence-corrected chi connectivity index (χ4v) is 6.02. The Labute approximate surface area is 186 Å². The summed E-state index contributed by atoms with van der Waals surface area (Å²) in [6.45, 7) is 7.14. The van der Waals surface area contributed by atoms with E-state index in [0.29, 0.717) is 30.6 Å². The summed E-state index contributed by atoms with van der Waals surface area (Å²) < 4.78 is 39.5. The van der Waals surface area contributed by atoms with E-state index in [1.807, 2.05) is 0 Å². The number of amides is 3. The Hall–Kier alpha value is -2.32. The number of alkyl halides is 3. The Morgan fingerprint density at radius 3 is 2.62 bits per heavy atom. The van der Waals surface area contributed by atoms with Crippen LogP contribution in [0.1, 0.15) is 63.3 Å². The van der Waals surface area contributed by atoms with Crippen molar-refractivity contribution in [2.45, 2.75) is 71.6 Å². The van der Waals surface area contributed by atoms with Crippen LogP contribution >= 0.6 is 0 Å². The third-order valence-corrected chi connectivity index (χ3v) is 7.35. The van der Waals surface area contributed by atoms with Crippen molar-refractivity contribution < 1.29 is 22.8 Å². The Balaban J connectivity index is 1.62. The number of rotatable bonds is 2. The van der Waals surface area contributed by atoms with Crippen molar-refractivity contribution >= 4 is 11.9 Å². The van der Waals surface area contributed by atoms with E-state index in [-0.39, 0.29) is 36.4 Å². The zero-order valence-corrected chi connectivity index (χ0v) is 18.8. The van der Waals surface area contributed by atoms with Crippen LogP contribution in [0.4, 0.5) is 18.0 Å². The summed E-state index contributed by atoms with van der Waals surface area (Å²) in [5.74, 6) is -0.0477. The predicted molar refractivity (Wildman–Crippen MR) is 112 cm³/mol. The first-order valence-corrected chi connectivity index (χ1v) is 11.2. The van der Waals surface area contributed by atoms with E-state index < -0.39 is 23.2 Å². The molecular weight excluding hydrogens is 421 g/mol. The van der Waals surface area contributed by atoms with Crippen LogP contribution in [-0.4, -0.2) is 45.9 Å². The van der Waals surface area contributed by atoms with Gasteiger partial charge >= 0.3 is 12.2 Å². The maximum absolute atomic E-state index is 13.9. The van der Waals surface area contributed by atoms with Crippen LogP contribution < -0.4 is 5.73 Å². The lowest BCUT2D eigenvalue weighted by Gasteiger charge is -2.37. The number of aromatic nitrogens is 1. The Kier molecular flexibility index (Phi) is 5.45. The van der Waals surface area contributed by atoms with Gasteiger partial charge in [0.2, 0.25) is 5.91 Å². The third-order valence-electron chi connectivity index (χ3n) is 7.35. The number of hydrogen-bond donors (Lipinski definition) is 1. The Bertz CT molecular complexity index is 927. The molecule has 3 atom stereocenters. The van der Waals surface area contributed by atoms with E-state index in [4.69, 9.17) is 5.73 Å². The molecule has 0 radical (unpaired) electrons. The zero-order valence-electron chi connectivity index (χ0n) is 18.8. The van der Waals surface area contributed by atoms with Crippen LogP contribution in [0.15, 0.2) is 12.3 Å². The van der Waals surface area contributed by atoms with Gasteiger partial charge in [0.15, 0.2) is 0 Å². The average molecular weight is 453 g/mol. The molecule has 3 unspecified atom stereocenters. The summed E-state index contributed by atoms with van der Waals surface area (Å²) in [5, 5.41) is 0. The standard InChI is InChI=1S/C23H31F3N4O2/c1-21(2,3)10-18-16-5-4-7-22(16,13-30(18)20(27)32)19(31)29-8-6-17-14(12-29)9-15(11-28-17)23(24,25)26/h9,11,16,18H,4-8,10,12-13H2,1-3H3,(H2,27,32). The molecule has 2 N–H and O–H groups in total. The van der Waals surface area contributed by atoms with E-state index in [1.165, 1.54) is 0 Å². The molecule has 0 spiro atoms. The maximum atomic E-state index is 13.9. The van der Waals surface area contributed by atoms with Gasteiger partial charge in [0.05, 0.1) is 11.0 Å². The fourth-order valence-electron chi connectivity index (χ4n) is 6.02. The predicted octanol–water partition coefficient (Wildman–Crippen LogP) is 3.97. The Morgan fingerprint density at radius 1 is 1.28 bits per heavy atom. The lowest BCUT2D eigenvalue weighted by Crippen LogP contribution is -2.49. The van der Waals surface area contributed by atoms with E-state index in [0.717, 1.165) is 31.5 Å². The molecule has 2 fully saturated rings. The molecule has 3 amide bonds. The number of primary amides is 1. The molecule has 3 heterocycles. The first-order valence-electron chi connectivity index (χ1n) is 11.2. The van der Waals surface area contributed by atoms with Crippen LogP contribution in [0.2, 0.25) is 0 Å². The molecule has 3 aliphatic rings. The monoisotopic (exact) mass is 452 g/mol. The molecule has 6 nitrogen and oxygen atoms in total. The molecule has 0 bridgehead atoms. The van der Waals surface area contributed by atoms with Crippen LogP contribution in [0.3, 0.4) is 0 Å². The smallest absolute Gasteiger partial charge is 0.351 e. The maximum Gasteiger partial charge on any atom is 0.417 e. The summed E-state index contributed by atoms with van der Waals surface area (Å²) in [6, 6.07) is 0.497. The number of nitrogens with two attached hydrogens (primary N) is 1. The number of halogens is 3. The van der Waals surface area contributed by atoms with E-state index in [2.05, 4.69) is 25.8 Å². The van der Waals surface area contributed by atoms with Gasteiger partial charge in [0.1, 0.15) is 0 Å². The first-order chi connectivity index (χ1) is 14.8. The first kappa shape index (κ1) is 22.9. The van der Waals surface area contributed by atoms with Gasteiger partial charge in [0.25, 0.3) is 0 Å². The lowest BCUT2D eigenvalue weighted by atomic mass is 9.73. The summed E-state index contributed by atoms with van der Waals surface area (Å²) in [4.78, 5) is 33.5. The normalized spacial score (nSPS) is 27.9. The van der Waals surface area contributed by atoms with Crippen molar-refractivity contribution in [3.05, 3.63) is 29.1 Å². The average Bonchev–Trinajstić information content (AvgIpc) is 3.23. The number of urea groups is 1. The van der Waals surface area contributed by atoms with E-state index in [1.54, 1.807) is 9.80 Å². The molecule has 4 rings (SSSR count). The molecular formula is C23H31F3N4O2. The second kappa shape index (κ2) is 7.63. The number of fused-ring (bicyclic) bond motifs is 2. The van der Waals surface area contributed by atoms with E-state index in [9.17, 15) is 22.8 Å². The molecule has 176 valence electrons. The van der Waals surface area contributed by atoms with Gasteiger partial charge in [0, 0.05) is 44.0 Å². The highest BCUT2D eigenvalue weighted by molar-refractivity contribution is 5.86. The van der Waals surface area contributed by atoms with Gasteiger partial charge in [-0.05, 0) is 42.2 Å². The highest BCUT2D eigenvalue weighted by Gasteiger charge is 2.61. The third kappa shape index (κ3) is 3.94. The summed E-state index contributed by atoms with van der Waals surface area (Å²) in [6.07, 6.45) is -0.0281. The largest absolute Gasteiger partial charge is 0.417 e. The minimum Gasteiger partial charge on any atom is -0.351 e. The van der Waals surface area contributed by atoms with Crippen LogP contribution in [-0.2, 0) is 23.9 Å². The lowest BCUT2D eigenvalue weighted by molar-refractivity contribution is -0.144. The minimum atomic E-state index is -4.48. The number of carbonyl (C=O) groups excluding carboxylic acids is 2. The molecule has 1 saturated heterocycles. The molecule has 1 aliphatic carbocycles. The van der Waals surface area contributed by atoms with Crippen molar-refractivity contribution in [3.63, 3.8) is 0 Å². The highest BCUT2D eigenvalue weighted by atomic mass is 19.4. The molecule has 2 aliphatic heterocycles. The second-order valence-electron chi connectivity index (χ2n) is 10.8. The van der Waals surface area contributed by atoms with Crippen molar-refractivity contribution in [3.8, 4) is 0 Å². The summed E-state index contributed by atoms with van der Waals surface area (Å²) in [5.41, 5.74) is 5.22. The van der Waals surface area contributed by atoms with Gasteiger partial charge in [-0.25, -0.2) is 4.79 Å². The van der Waals surface area contributed by atoms with Crippen LogP contribution in [0.5, 0.6) is 0 Å². The topological polar surface area (TPSA) is 79.5 Å². The van der Waals surface area contributed by atoms with Gasteiger partial charge in [-0.15, -0.1) is 0 Å². The quantitative estimate of drug-likeness (QED) is 0.737.